The first kappa shape index (κ1) is 22.5. The Balaban J connectivity index is 2.18. The van der Waals surface area contributed by atoms with Gasteiger partial charge >= 0.3 is 0 Å². The molecular weight excluding hydrogens is 345 g/mol. The molecule has 1 rings (SSSR count). The second-order valence-corrected chi connectivity index (χ2v) is 9.53. The van der Waals surface area contributed by atoms with Crippen LogP contribution in [-0.2, 0) is 11.2 Å². The standard InChI is InChI=1S/C19H36N5OP/c1-18(2,3)19(4,5)9-10-22-16(25)13-26-12-14(20)7-6-8-15-11-23-17(21)24-15/h11-12,26H,6-10,13,20H2,1-5H3,(H,22,25)(H3,21,23,24)/b14-12-. The Hall–Kier alpha value is -1.55. The first-order valence-corrected chi connectivity index (χ1v) is 10.5. The van der Waals surface area contributed by atoms with Gasteiger partial charge in [-0.1, -0.05) is 43.2 Å². The topological polar surface area (TPSA) is 110 Å². The van der Waals surface area contributed by atoms with Crippen molar-refractivity contribution in [1.29, 1.82) is 0 Å². The van der Waals surface area contributed by atoms with Gasteiger partial charge in [0.05, 0.1) is 6.20 Å². The third-order valence-electron chi connectivity index (χ3n) is 5.21. The van der Waals surface area contributed by atoms with E-state index in [0.717, 1.165) is 43.6 Å². The zero-order valence-corrected chi connectivity index (χ0v) is 17.9. The zero-order valence-electron chi connectivity index (χ0n) is 16.9. The number of anilines is 1. The molecule has 0 aromatic carbocycles. The third kappa shape index (κ3) is 8.22. The number of allylic oxidation sites excluding steroid dienone is 1. The Morgan fingerprint density at radius 1 is 1.35 bits per heavy atom. The SMILES string of the molecule is CC(C)(C)C(C)(C)CCNC(=O)CP/C=C(\N)CCCc1cnc(N)[nH]1. The smallest absolute Gasteiger partial charge is 0.224 e. The Kier molecular flexibility index (Phi) is 8.61. The predicted molar refractivity (Wildman–Crippen MR) is 112 cm³/mol. The first-order chi connectivity index (χ1) is 12.0. The van der Waals surface area contributed by atoms with Gasteiger partial charge < -0.3 is 21.8 Å². The minimum Gasteiger partial charge on any atom is -0.402 e. The molecule has 1 atom stereocenters. The van der Waals surface area contributed by atoms with Crippen LogP contribution in [0.25, 0.3) is 0 Å². The Morgan fingerprint density at radius 2 is 2.04 bits per heavy atom. The van der Waals surface area contributed by atoms with Gasteiger partial charge in [-0.05, 0) is 42.3 Å². The minimum absolute atomic E-state index is 0.102. The maximum Gasteiger partial charge on any atom is 0.224 e. The molecule has 26 heavy (non-hydrogen) atoms. The summed E-state index contributed by atoms with van der Waals surface area (Å²) < 4.78 is 0. The quantitative estimate of drug-likeness (QED) is 0.466. The number of rotatable bonds is 10. The number of H-pyrrole nitrogens is 1. The molecule has 1 heterocycles. The molecule has 0 saturated carbocycles. The summed E-state index contributed by atoms with van der Waals surface area (Å²) in [6, 6.07) is 0. The number of carbonyl (C=O) groups is 1. The number of hydrogen-bond acceptors (Lipinski definition) is 4. The van der Waals surface area contributed by atoms with Crippen molar-refractivity contribution in [2.24, 2.45) is 16.6 Å². The number of nitrogen functional groups attached to an aromatic ring is 1. The number of carbonyl (C=O) groups excluding carboxylic acids is 1. The summed E-state index contributed by atoms with van der Waals surface area (Å²) in [6.07, 6.45) is 5.85. The number of amides is 1. The zero-order chi connectivity index (χ0) is 19.8. The number of hydrogen-bond donors (Lipinski definition) is 4. The van der Waals surface area contributed by atoms with Crippen LogP contribution in [0.1, 0.15) is 59.6 Å². The lowest BCUT2D eigenvalue weighted by Crippen LogP contribution is -2.35. The van der Waals surface area contributed by atoms with Gasteiger partial charge in [-0.3, -0.25) is 4.79 Å². The van der Waals surface area contributed by atoms with E-state index in [0.29, 0.717) is 20.7 Å². The van der Waals surface area contributed by atoms with Gasteiger partial charge in [0.2, 0.25) is 5.91 Å². The fourth-order valence-electron chi connectivity index (χ4n) is 2.29. The first-order valence-electron chi connectivity index (χ1n) is 9.25. The third-order valence-corrected chi connectivity index (χ3v) is 6.31. The van der Waals surface area contributed by atoms with Gasteiger partial charge in [0, 0.05) is 24.1 Å². The van der Waals surface area contributed by atoms with Crippen molar-refractivity contribution in [3.63, 3.8) is 0 Å². The van der Waals surface area contributed by atoms with Gasteiger partial charge in [0.1, 0.15) is 0 Å². The van der Waals surface area contributed by atoms with Crippen molar-refractivity contribution >= 4 is 20.4 Å². The summed E-state index contributed by atoms with van der Waals surface area (Å²) in [4.78, 5) is 18.9. The van der Waals surface area contributed by atoms with E-state index in [1.165, 1.54) is 0 Å². The number of nitrogens with two attached hydrogens (primary N) is 2. The molecule has 0 aliphatic carbocycles. The second kappa shape index (κ2) is 9.96. The number of nitrogens with one attached hydrogen (secondary N) is 2. The maximum absolute atomic E-state index is 12.0. The highest BCUT2D eigenvalue weighted by Gasteiger charge is 2.32. The minimum atomic E-state index is 0.102. The van der Waals surface area contributed by atoms with Crippen LogP contribution in [0.2, 0.25) is 0 Å². The van der Waals surface area contributed by atoms with Gasteiger partial charge in [0.25, 0.3) is 0 Å². The van der Waals surface area contributed by atoms with Crippen LogP contribution in [-0.4, -0.2) is 28.6 Å². The molecule has 0 spiro atoms. The molecule has 1 unspecified atom stereocenters. The molecule has 6 N–H and O–H groups in total. The summed E-state index contributed by atoms with van der Waals surface area (Å²) in [7, 11) is 0.423. The Labute approximate surface area is 159 Å². The molecule has 148 valence electrons. The average Bonchev–Trinajstić information content (AvgIpc) is 2.91. The molecule has 0 fully saturated rings. The molecule has 0 bridgehead atoms. The van der Waals surface area contributed by atoms with E-state index in [1.807, 2.05) is 5.82 Å². The number of aromatic nitrogens is 2. The molecule has 1 aromatic heterocycles. The lowest BCUT2D eigenvalue weighted by molar-refractivity contribution is -0.118. The Morgan fingerprint density at radius 3 is 2.62 bits per heavy atom. The van der Waals surface area contributed by atoms with Crippen LogP contribution in [0.15, 0.2) is 17.7 Å². The molecule has 0 aliphatic rings. The maximum atomic E-state index is 12.0. The van der Waals surface area contributed by atoms with E-state index in [1.54, 1.807) is 6.20 Å². The van der Waals surface area contributed by atoms with E-state index in [2.05, 4.69) is 49.9 Å². The summed E-state index contributed by atoms with van der Waals surface area (Å²) in [5, 5.41) is 3.03. The molecule has 0 radical (unpaired) electrons. The van der Waals surface area contributed by atoms with E-state index in [-0.39, 0.29) is 16.7 Å². The van der Waals surface area contributed by atoms with E-state index in [4.69, 9.17) is 11.5 Å². The fourth-order valence-corrected chi connectivity index (χ4v) is 3.10. The monoisotopic (exact) mass is 381 g/mol. The summed E-state index contributed by atoms with van der Waals surface area (Å²) in [5.41, 5.74) is 13.8. The highest BCUT2D eigenvalue weighted by Crippen LogP contribution is 2.40. The highest BCUT2D eigenvalue weighted by molar-refractivity contribution is 7.42. The Bertz CT molecular complexity index is 601. The van der Waals surface area contributed by atoms with Crippen molar-refractivity contribution < 1.29 is 4.79 Å². The summed E-state index contributed by atoms with van der Waals surface area (Å²) in [6.45, 7) is 11.9. The summed E-state index contributed by atoms with van der Waals surface area (Å²) in [5.74, 6) is 2.53. The summed E-state index contributed by atoms with van der Waals surface area (Å²) >= 11 is 0. The van der Waals surface area contributed by atoms with E-state index >= 15 is 0 Å². The van der Waals surface area contributed by atoms with Gasteiger partial charge in [-0.15, -0.1) is 0 Å². The number of imidazole rings is 1. The van der Waals surface area contributed by atoms with Crippen LogP contribution >= 0.6 is 8.58 Å². The van der Waals surface area contributed by atoms with Crippen molar-refractivity contribution in [3.05, 3.63) is 23.4 Å². The van der Waals surface area contributed by atoms with Crippen molar-refractivity contribution in [1.82, 2.24) is 15.3 Å². The second-order valence-electron chi connectivity index (χ2n) is 8.48. The number of aromatic amines is 1. The van der Waals surface area contributed by atoms with Crippen LogP contribution in [0.4, 0.5) is 5.95 Å². The molecular formula is C19H36N5OP. The molecule has 1 amide bonds. The van der Waals surface area contributed by atoms with Crippen molar-refractivity contribution in [2.75, 3.05) is 18.4 Å². The fraction of sp³-hybridized carbons (Fsp3) is 0.684. The van der Waals surface area contributed by atoms with Gasteiger partial charge in [0.15, 0.2) is 5.95 Å². The molecule has 6 nitrogen and oxygen atoms in total. The van der Waals surface area contributed by atoms with Crippen LogP contribution < -0.4 is 16.8 Å². The van der Waals surface area contributed by atoms with Gasteiger partial charge in [-0.2, -0.15) is 0 Å². The molecule has 1 aromatic rings. The van der Waals surface area contributed by atoms with E-state index in [9.17, 15) is 4.79 Å². The van der Waals surface area contributed by atoms with Crippen LogP contribution in [0.5, 0.6) is 0 Å². The van der Waals surface area contributed by atoms with Crippen molar-refractivity contribution in [2.45, 2.75) is 60.3 Å². The number of aryl methyl sites for hydroxylation is 1. The van der Waals surface area contributed by atoms with Crippen LogP contribution in [0, 0.1) is 10.8 Å². The normalized spacial score (nSPS) is 13.5. The lowest BCUT2D eigenvalue weighted by atomic mass is 9.67. The van der Waals surface area contributed by atoms with Crippen molar-refractivity contribution in [3.8, 4) is 0 Å². The predicted octanol–water partition coefficient (Wildman–Crippen LogP) is 3.37. The highest BCUT2D eigenvalue weighted by atomic mass is 31.1. The molecule has 7 heteroatoms. The van der Waals surface area contributed by atoms with Gasteiger partial charge in [-0.25, -0.2) is 4.98 Å². The van der Waals surface area contributed by atoms with Crippen LogP contribution in [0.3, 0.4) is 0 Å². The molecule has 0 saturated heterocycles. The number of nitrogens with zero attached hydrogens (tertiary/aromatic N) is 1. The van der Waals surface area contributed by atoms with E-state index < -0.39 is 0 Å². The molecule has 0 aliphatic heterocycles. The lowest BCUT2D eigenvalue weighted by Gasteiger charge is -2.39. The average molecular weight is 382 g/mol. The largest absolute Gasteiger partial charge is 0.402 e.